The highest BCUT2D eigenvalue weighted by Gasteiger charge is 2.38. The van der Waals surface area contributed by atoms with Gasteiger partial charge in [-0.05, 0) is 36.4 Å². The second-order valence-corrected chi connectivity index (χ2v) is 4.39. The third kappa shape index (κ3) is 1.91. The molecule has 0 spiro atoms. The van der Waals surface area contributed by atoms with Crippen LogP contribution in [0.5, 0.6) is 0 Å². The van der Waals surface area contributed by atoms with E-state index in [1.54, 1.807) is 12.1 Å². The zero-order valence-electron chi connectivity index (χ0n) is 9.33. The molecule has 2 rings (SSSR count). The second-order valence-electron chi connectivity index (χ2n) is 4.39. The predicted molar refractivity (Wildman–Crippen MR) is 60.4 cm³/mol. The van der Waals surface area contributed by atoms with Crippen molar-refractivity contribution in [3.8, 4) is 0 Å². The molecule has 0 saturated heterocycles. The topological polar surface area (TPSA) is 12.0 Å². The van der Waals surface area contributed by atoms with Crippen LogP contribution in [0.2, 0.25) is 0 Å². The number of hydrogen-bond donors (Lipinski definition) is 1. The lowest BCUT2D eigenvalue weighted by molar-refractivity contribution is 0.183. The van der Waals surface area contributed by atoms with Crippen LogP contribution >= 0.6 is 0 Å². The van der Waals surface area contributed by atoms with Crippen molar-refractivity contribution in [2.24, 2.45) is 5.92 Å². The Bertz CT molecular complexity index is 337. The zero-order valence-corrected chi connectivity index (χ0v) is 9.33. The summed E-state index contributed by atoms with van der Waals surface area (Å²) in [5, 5.41) is 3.43. The first-order valence-corrected chi connectivity index (χ1v) is 5.71. The zero-order chi connectivity index (χ0) is 10.8. The molecule has 0 heterocycles. The molecule has 1 fully saturated rings. The molecule has 1 aliphatic rings. The molecule has 0 bridgehead atoms. The lowest BCUT2D eigenvalue weighted by atomic mass is 9.67. The normalized spacial score (nSPS) is 29.9. The van der Waals surface area contributed by atoms with E-state index in [2.05, 4.69) is 19.2 Å². The van der Waals surface area contributed by atoms with Crippen LogP contribution in [0, 0.1) is 11.7 Å². The van der Waals surface area contributed by atoms with Crippen LogP contribution < -0.4 is 5.32 Å². The van der Waals surface area contributed by atoms with Crippen molar-refractivity contribution in [1.29, 1.82) is 0 Å². The first-order chi connectivity index (χ1) is 7.24. The minimum Gasteiger partial charge on any atom is -0.314 e. The Labute approximate surface area is 90.7 Å². The maximum Gasteiger partial charge on any atom is 0.126 e. The van der Waals surface area contributed by atoms with Crippen molar-refractivity contribution in [1.82, 2.24) is 5.32 Å². The highest BCUT2D eigenvalue weighted by molar-refractivity contribution is 5.26. The average molecular weight is 207 g/mol. The smallest absolute Gasteiger partial charge is 0.126 e. The SMILES string of the molecule is CCNC1CC(c2ccccc2F)C1C. The number of halogens is 1. The van der Waals surface area contributed by atoms with E-state index in [0.717, 1.165) is 18.5 Å². The second kappa shape index (κ2) is 4.31. The summed E-state index contributed by atoms with van der Waals surface area (Å²) in [6.07, 6.45) is 1.07. The van der Waals surface area contributed by atoms with Crippen LogP contribution in [0.25, 0.3) is 0 Å². The van der Waals surface area contributed by atoms with Gasteiger partial charge in [-0.15, -0.1) is 0 Å². The Balaban J connectivity index is 2.06. The number of rotatable bonds is 3. The molecule has 3 unspecified atom stereocenters. The van der Waals surface area contributed by atoms with E-state index < -0.39 is 0 Å². The summed E-state index contributed by atoms with van der Waals surface area (Å²) < 4.78 is 13.5. The van der Waals surface area contributed by atoms with Gasteiger partial charge in [-0.1, -0.05) is 32.0 Å². The van der Waals surface area contributed by atoms with E-state index in [1.165, 1.54) is 0 Å². The molecule has 1 N–H and O–H groups in total. The Kier molecular flexibility index (Phi) is 3.06. The summed E-state index contributed by atoms with van der Waals surface area (Å²) in [6, 6.07) is 7.72. The summed E-state index contributed by atoms with van der Waals surface area (Å²) in [6.45, 7) is 5.32. The van der Waals surface area contributed by atoms with E-state index in [4.69, 9.17) is 0 Å². The maximum absolute atomic E-state index is 13.5. The molecule has 0 amide bonds. The fourth-order valence-corrected chi connectivity index (χ4v) is 2.50. The van der Waals surface area contributed by atoms with Gasteiger partial charge in [0.15, 0.2) is 0 Å². The Morgan fingerprint density at radius 2 is 2.13 bits per heavy atom. The first-order valence-electron chi connectivity index (χ1n) is 5.71. The molecular weight excluding hydrogens is 189 g/mol. The summed E-state index contributed by atoms with van der Waals surface area (Å²) in [5.41, 5.74) is 0.888. The third-order valence-electron chi connectivity index (χ3n) is 3.55. The van der Waals surface area contributed by atoms with Crippen molar-refractivity contribution < 1.29 is 4.39 Å². The molecule has 1 saturated carbocycles. The fourth-order valence-electron chi connectivity index (χ4n) is 2.50. The first kappa shape index (κ1) is 10.6. The Hall–Kier alpha value is -0.890. The van der Waals surface area contributed by atoms with E-state index >= 15 is 0 Å². The van der Waals surface area contributed by atoms with Crippen LogP contribution in [0.3, 0.4) is 0 Å². The highest BCUT2D eigenvalue weighted by Crippen LogP contribution is 2.43. The van der Waals surface area contributed by atoms with Crippen molar-refractivity contribution in [3.05, 3.63) is 35.6 Å². The van der Waals surface area contributed by atoms with Gasteiger partial charge in [-0.25, -0.2) is 4.39 Å². The van der Waals surface area contributed by atoms with Gasteiger partial charge in [0.1, 0.15) is 5.82 Å². The molecule has 1 aliphatic carbocycles. The molecule has 0 aromatic heterocycles. The third-order valence-corrected chi connectivity index (χ3v) is 3.55. The monoisotopic (exact) mass is 207 g/mol. The largest absolute Gasteiger partial charge is 0.314 e. The van der Waals surface area contributed by atoms with Gasteiger partial charge in [0.2, 0.25) is 0 Å². The summed E-state index contributed by atoms with van der Waals surface area (Å²) in [7, 11) is 0. The summed E-state index contributed by atoms with van der Waals surface area (Å²) in [4.78, 5) is 0. The van der Waals surface area contributed by atoms with E-state index in [1.807, 2.05) is 12.1 Å². The van der Waals surface area contributed by atoms with Crippen LogP contribution in [-0.2, 0) is 0 Å². The van der Waals surface area contributed by atoms with E-state index in [-0.39, 0.29) is 5.82 Å². The molecule has 1 aromatic rings. The summed E-state index contributed by atoms with van der Waals surface area (Å²) in [5.74, 6) is 0.890. The lowest BCUT2D eigenvalue weighted by Gasteiger charge is -2.43. The molecule has 1 aromatic carbocycles. The van der Waals surface area contributed by atoms with Crippen LogP contribution in [0.4, 0.5) is 4.39 Å². The average Bonchev–Trinajstić information content (AvgIpc) is 2.25. The molecule has 1 nitrogen and oxygen atoms in total. The van der Waals surface area contributed by atoms with Crippen LogP contribution in [0.15, 0.2) is 24.3 Å². The Morgan fingerprint density at radius 3 is 2.73 bits per heavy atom. The predicted octanol–water partition coefficient (Wildman–Crippen LogP) is 2.93. The van der Waals surface area contributed by atoms with Gasteiger partial charge in [-0.3, -0.25) is 0 Å². The van der Waals surface area contributed by atoms with Crippen molar-refractivity contribution in [2.45, 2.75) is 32.2 Å². The number of nitrogens with one attached hydrogen (secondary N) is 1. The highest BCUT2D eigenvalue weighted by atomic mass is 19.1. The number of hydrogen-bond acceptors (Lipinski definition) is 1. The van der Waals surface area contributed by atoms with Gasteiger partial charge >= 0.3 is 0 Å². The van der Waals surface area contributed by atoms with E-state index in [0.29, 0.717) is 17.9 Å². The molecule has 0 aliphatic heterocycles. The van der Waals surface area contributed by atoms with Gasteiger partial charge in [0.05, 0.1) is 0 Å². The fraction of sp³-hybridized carbons (Fsp3) is 0.538. The van der Waals surface area contributed by atoms with E-state index in [9.17, 15) is 4.39 Å². The minimum absolute atomic E-state index is 0.0516. The molecule has 3 atom stereocenters. The number of benzene rings is 1. The quantitative estimate of drug-likeness (QED) is 0.803. The maximum atomic E-state index is 13.5. The molecule has 0 radical (unpaired) electrons. The van der Waals surface area contributed by atoms with Crippen LogP contribution in [-0.4, -0.2) is 12.6 Å². The van der Waals surface area contributed by atoms with Gasteiger partial charge in [-0.2, -0.15) is 0 Å². The van der Waals surface area contributed by atoms with Crippen LogP contribution in [0.1, 0.15) is 31.7 Å². The molecule has 15 heavy (non-hydrogen) atoms. The summed E-state index contributed by atoms with van der Waals surface area (Å²) >= 11 is 0. The molecule has 2 heteroatoms. The molecule has 82 valence electrons. The van der Waals surface area contributed by atoms with Crippen molar-refractivity contribution >= 4 is 0 Å². The molecular formula is C13H18FN. The van der Waals surface area contributed by atoms with Gasteiger partial charge in [0, 0.05) is 6.04 Å². The Morgan fingerprint density at radius 1 is 1.40 bits per heavy atom. The van der Waals surface area contributed by atoms with Gasteiger partial charge in [0.25, 0.3) is 0 Å². The lowest BCUT2D eigenvalue weighted by Crippen LogP contribution is -2.47. The van der Waals surface area contributed by atoms with Crippen molar-refractivity contribution in [3.63, 3.8) is 0 Å². The van der Waals surface area contributed by atoms with Gasteiger partial charge < -0.3 is 5.32 Å². The minimum atomic E-state index is -0.0516. The van der Waals surface area contributed by atoms with Crippen molar-refractivity contribution in [2.75, 3.05) is 6.54 Å². The standard InChI is InChI=1S/C13H18FN/c1-3-15-13-8-11(9(13)2)10-6-4-5-7-12(10)14/h4-7,9,11,13,15H,3,8H2,1-2H3.